The molecule has 0 atom stereocenters. The van der Waals surface area contributed by atoms with Crippen LogP contribution in [-0.4, -0.2) is 29.0 Å². The zero-order chi connectivity index (χ0) is 13.6. The van der Waals surface area contributed by atoms with Crippen LogP contribution in [-0.2, 0) is 11.2 Å². The molecule has 19 heavy (non-hydrogen) atoms. The minimum atomic E-state index is -0.303. The molecular weight excluding hydrogens is 240 g/mol. The Bertz CT molecular complexity index is 382. The average molecular weight is 264 g/mol. The number of aromatic nitrogens is 2. The number of carbonyl (C=O) groups excluding carboxylic acids is 1. The van der Waals surface area contributed by atoms with Crippen molar-refractivity contribution in [1.82, 2.24) is 15.3 Å². The van der Waals surface area contributed by atoms with E-state index in [1.165, 1.54) is 6.42 Å². The minimum Gasteiger partial charge on any atom is -0.356 e. The lowest BCUT2D eigenvalue weighted by Gasteiger charge is -2.34. The minimum absolute atomic E-state index is 0.147. The van der Waals surface area contributed by atoms with Gasteiger partial charge in [0.15, 0.2) is 0 Å². The van der Waals surface area contributed by atoms with Gasteiger partial charge in [-0.3, -0.25) is 4.79 Å². The van der Waals surface area contributed by atoms with Gasteiger partial charge in [-0.25, -0.2) is 4.98 Å². The van der Waals surface area contributed by atoms with Gasteiger partial charge < -0.3 is 16.0 Å². The van der Waals surface area contributed by atoms with Gasteiger partial charge in [0.1, 0.15) is 5.82 Å². The Morgan fingerprint density at radius 1 is 1.42 bits per heavy atom. The van der Waals surface area contributed by atoms with Crippen LogP contribution in [0.2, 0.25) is 0 Å². The van der Waals surface area contributed by atoms with Gasteiger partial charge in [0, 0.05) is 31.9 Å². The summed E-state index contributed by atoms with van der Waals surface area (Å²) in [7, 11) is 0. The topological polar surface area (TPSA) is 83.8 Å². The zero-order valence-electron chi connectivity index (χ0n) is 11.5. The summed E-state index contributed by atoms with van der Waals surface area (Å²) >= 11 is 0. The molecule has 5 heteroatoms. The van der Waals surface area contributed by atoms with Gasteiger partial charge >= 0.3 is 0 Å². The lowest BCUT2D eigenvalue weighted by atomic mass is 9.73. The maximum absolute atomic E-state index is 12.3. The Hall–Kier alpha value is -1.36. The Morgan fingerprint density at radius 3 is 2.84 bits per heavy atom. The molecule has 1 amide bonds. The van der Waals surface area contributed by atoms with E-state index in [1.807, 2.05) is 6.20 Å². The van der Waals surface area contributed by atoms with E-state index in [1.54, 1.807) is 6.20 Å². The number of nitrogens with zero attached hydrogens (tertiary/aromatic N) is 1. The van der Waals surface area contributed by atoms with Crippen molar-refractivity contribution in [3.63, 3.8) is 0 Å². The fourth-order valence-corrected chi connectivity index (χ4v) is 2.83. The van der Waals surface area contributed by atoms with Crippen LogP contribution in [0, 0.1) is 5.41 Å². The molecule has 0 unspecified atom stereocenters. The van der Waals surface area contributed by atoms with Gasteiger partial charge in [-0.2, -0.15) is 0 Å². The van der Waals surface area contributed by atoms with Gasteiger partial charge in [0.25, 0.3) is 0 Å². The predicted molar refractivity (Wildman–Crippen MR) is 74.5 cm³/mol. The Balaban J connectivity index is 1.73. The van der Waals surface area contributed by atoms with Crippen molar-refractivity contribution >= 4 is 5.91 Å². The molecule has 0 saturated heterocycles. The fourth-order valence-electron chi connectivity index (χ4n) is 2.83. The number of H-pyrrole nitrogens is 1. The maximum atomic E-state index is 12.3. The van der Waals surface area contributed by atoms with Crippen LogP contribution < -0.4 is 11.1 Å². The van der Waals surface area contributed by atoms with Gasteiger partial charge in [-0.05, 0) is 19.3 Å². The summed E-state index contributed by atoms with van der Waals surface area (Å²) in [5, 5.41) is 3.05. The number of nitrogens with one attached hydrogen (secondary N) is 2. The summed E-state index contributed by atoms with van der Waals surface area (Å²) in [5.41, 5.74) is 5.54. The third-order valence-corrected chi connectivity index (χ3v) is 4.11. The molecule has 2 rings (SSSR count). The van der Waals surface area contributed by atoms with Crippen LogP contribution in [0.4, 0.5) is 0 Å². The second-order valence-corrected chi connectivity index (χ2v) is 5.44. The number of imidazole rings is 1. The highest BCUT2D eigenvalue weighted by Crippen LogP contribution is 2.35. The van der Waals surface area contributed by atoms with Crippen LogP contribution in [0.3, 0.4) is 0 Å². The number of hydrogen-bond donors (Lipinski definition) is 3. The van der Waals surface area contributed by atoms with Crippen molar-refractivity contribution in [2.45, 2.75) is 44.9 Å². The predicted octanol–water partition coefficient (Wildman–Crippen LogP) is 1.37. The van der Waals surface area contributed by atoms with E-state index in [4.69, 9.17) is 5.73 Å². The van der Waals surface area contributed by atoms with Gasteiger partial charge in [0.2, 0.25) is 5.91 Å². The van der Waals surface area contributed by atoms with Crippen molar-refractivity contribution in [2.24, 2.45) is 11.1 Å². The molecule has 0 spiro atoms. The van der Waals surface area contributed by atoms with Crippen molar-refractivity contribution in [2.75, 3.05) is 13.1 Å². The monoisotopic (exact) mass is 264 g/mol. The van der Waals surface area contributed by atoms with Crippen molar-refractivity contribution < 1.29 is 4.79 Å². The third kappa shape index (κ3) is 3.56. The first kappa shape index (κ1) is 14.1. The van der Waals surface area contributed by atoms with E-state index in [-0.39, 0.29) is 11.3 Å². The average Bonchev–Trinajstić information content (AvgIpc) is 2.97. The standard InChI is InChI=1S/C14H24N4O/c15-11-14(6-2-1-3-7-14)13(19)18-8-4-5-12-16-9-10-17-12/h9-10H,1-8,11,15H2,(H,16,17)(H,18,19). The molecule has 0 radical (unpaired) electrons. The number of carbonyl (C=O) groups is 1. The highest BCUT2D eigenvalue weighted by Gasteiger charge is 2.37. The number of aromatic amines is 1. The van der Waals surface area contributed by atoms with E-state index in [9.17, 15) is 4.79 Å². The van der Waals surface area contributed by atoms with Gasteiger partial charge in [0.05, 0.1) is 5.41 Å². The molecule has 0 aromatic carbocycles. The van der Waals surface area contributed by atoms with Crippen LogP contribution in [0.15, 0.2) is 12.4 Å². The Morgan fingerprint density at radius 2 is 2.21 bits per heavy atom. The molecule has 1 aromatic rings. The summed E-state index contributed by atoms with van der Waals surface area (Å²) in [6.07, 6.45) is 10.7. The molecule has 1 aliphatic carbocycles. The van der Waals surface area contributed by atoms with Gasteiger partial charge in [-0.1, -0.05) is 19.3 Å². The maximum Gasteiger partial charge on any atom is 0.227 e. The summed E-state index contributed by atoms with van der Waals surface area (Å²) in [4.78, 5) is 19.5. The van der Waals surface area contributed by atoms with Crippen molar-refractivity contribution in [3.05, 3.63) is 18.2 Å². The van der Waals surface area contributed by atoms with E-state index in [2.05, 4.69) is 15.3 Å². The van der Waals surface area contributed by atoms with Crippen LogP contribution in [0.1, 0.15) is 44.3 Å². The second-order valence-electron chi connectivity index (χ2n) is 5.44. The zero-order valence-corrected chi connectivity index (χ0v) is 11.5. The third-order valence-electron chi connectivity index (χ3n) is 4.11. The number of hydrogen-bond acceptors (Lipinski definition) is 3. The van der Waals surface area contributed by atoms with Crippen LogP contribution in [0.25, 0.3) is 0 Å². The molecule has 1 aromatic heterocycles. The lowest BCUT2D eigenvalue weighted by molar-refractivity contribution is -0.132. The summed E-state index contributed by atoms with van der Waals surface area (Å²) < 4.78 is 0. The van der Waals surface area contributed by atoms with E-state index < -0.39 is 0 Å². The van der Waals surface area contributed by atoms with Crippen LogP contribution >= 0.6 is 0 Å². The molecule has 5 nitrogen and oxygen atoms in total. The number of rotatable bonds is 6. The largest absolute Gasteiger partial charge is 0.356 e. The molecule has 1 aliphatic rings. The number of nitrogens with two attached hydrogens (primary N) is 1. The smallest absolute Gasteiger partial charge is 0.227 e. The summed E-state index contributed by atoms with van der Waals surface area (Å²) in [6.45, 7) is 1.16. The van der Waals surface area contributed by atoms with E-state index >= 15 is 0 Å². The van der Waals surface area contributed by atoms with Gasteiger partial charge in [-0.15, -0.1) is 0 Å². The molecule has 1 heterocycles. The Labute approximate surface area is 114 Å². The first-order valence-corrected chi connectivity index (χ1v) is 7.23. The van der Waals surface area contributed by atoms with E-state index in [0.717, 1.165) is 44.3 Å². The molecule has 106 valence electrons. The highest BCUT2D eigenvalue weighted by atomic mass is 16.2. The van der Waals surface area contributed by atoms with Crippen molar-refractivity contribution in [3.8, 4) is 0 Å². The molecule has 0 aliphatic heterocycles. The second kappa shape index (κ2) is 6.70. The van der Waals surface area contributed by atoms with Crippen LogP contribution in [0.5, 0.6) is 0 Å². The normalized spacial score (nSPS) is 18.2. The Kier molecular flexibility index (Phi) is 4.96. The van der Waals surface area contributed by atoms with E-state index in [0.29, 0.717) is 13.1 Å². The quantitative estimate of drug-likeness (QED) is 0.678. The summed E-state index contributed by atoms with van der Waals surface area (Å²) in [6, 6.07) is 0. The number of aryl methyl sites for hydroxylation is 1. The fraction of sp³-hybridized carbons (Fsp3) is 0.714. The molecule has 1 fully saturated rings. The highest BCUT2D eigenvalue weighted by molar-refractivity contribution is 5.82. The lowest BCUT2D eigenvalue weighted by Crippen LogP contribution is -2.47. The molecule has 1 saturated carbocycles. The first-order valence-electron chi connectivity index (χ1n) is 7.23. The van der Waals surface area contributed by atoms with Crippen molar-refractivity contribution in [1.29, 1.82) is 0 Å². The molecule has 4 N–H and O–H groups in total. The SMILES string of the molecule is NCC1(C(=O)NCCCc2ncc[nH]2)CCCCC1. The summed E-state index contributed by atoms with van der Waals surface area (Å²) in [5.74, 6) is 1.12. The first-order chi connectivity index (χ1) is 9.27. The molecule has 0 bridgehead atoms. The number of amides is 1. The molecular formula is C14H24N4O.